The van der Waals surface area contributed by atoms with Gasteiger partial charge in [0, 0.05) is 0 Å². The fourth-order valence-electron chi connectivity index (χ4n) is 1.54. The van der Waals surface area contributed by atoms with Gasteiger partial charge in [0.1, 0.15) is 11.4 Å². The van der Waals surface area contributed by atoms with E-state index < -0.39 is 0 Å². The summed E-state index contributed by atoms with van der Waals surface area (Å²) in [4.78, 5) is 7.97. The Morgan fingerprint density at radius 1 is 1.17 bits per heavy atom. The van der Waals surface area contributed by atoms with E-state index in [9.17, 15) is 0 Å². The summed E-state index contributed by atoms with van der Waals surface area (Å²) in [6, 6.07) is 5.81. The lowest BCUT2D eigenvalue weighted by Gasteiger charge is -2.12. The molecule has 2 aromatic rings. The van der Waals surface area contributed by atoms with Crippen LogP contribution in [-0.2, 0) is 0 Å². The van der Waals surface area contributed by atoms with Crippen LogP contribution in [0, 0.1) is 20.8 Å². The zero-order chi connectivity index (χ0) is 13.3. The second-order valence-electron chi connectivity index (χ2n) is 4.10. The Morgan fingerprint density at radius 2 is 1.89 bits per heavy atom. The van der Waals surface area contributed by atoms with Crippen LogP contribution in [0.3, 0.4) is 0 Å². The summed E-state index contributed by atoms with van der Waals surface area (Å²) in [6.45, 7) is 5.76. The standard InChI is InChI=1S/C13H14ClN3O/c1-7-5-4-6-10(8(7)2)18-12-11(15)9(3)16-13(14)17-12/h4-6H,15H2,1-3H3. The fraction of sp³-hybridized carbons (Fsp3) is 0.231. The van der Waals surface area contributed by atoms with E-state index >= 15 is 0 Å². The molecule has 0 aliphatic rings. The Labute approximate surface area is 111 Å². The molecule has 0 amide bonds. The van der Waals surface area contributed by atoms with Crippen molar-refractivity contribution < 1.29 is 4.74 Å². The molecular weight excluding hydrogens is 250 g/mol. The first-order chi connectivity index (χ1) is 8.49. The smallest absolute Gasteiger partial charge is 0.247 e. The van der Waals surface area contributed by atoms with Crippen molar-refractivity contribution in [1.29, 1.82) is 0 Å². The predicted octanol–water partition coefficient (Wildman–Crippen LogP) is 3.43. The van der Waals surface area contributed by atoms with E-state index in [2.05, 4.69) is 9.97 Å². The molecule has 0 radical (unpaired) electrons. The van der Waals surface area contributed by atoms with Crippen LogP contribution in [0.5, 0.6) is 11.6 Å². The van der Waals surface area contributed by atoms with E-state index in [1.54, 1.807) is 6.92 Å². The summed E-state index contributed by atoms with van der Waals surface area (Å²) in [5.41, 5.74) is 9.08. The van der Waals surface area contributed by atoms with Crippen molar-refractivity contribution >= 4 is 17.3 Å². The molecule has 0 aliphatic carbocycles. The Bertz CT molecular complexity index is 599. The third-order valence-corrected chi connectivity index (χ3v) is 3.00. The number of anilines is 1. The largest absolute Gasteiger partial charge is 0.437 e. The molecule has 2 rings (SSSR count). The van der Waals surface area contributed by atoms with Crippen LogP contribution < -0.4 is 10.5 Å². The number of ether oxygens (including phenoxy) is 1. The molecule has 0 saturated carbocycles. The number of aromatic nitrogens is 2. The second kappa shape index (κ2) is 4.82. The second-order valence-corrected chi connectivity index (χ2v) is 4.44. The average molecular weight is 264 g/mol. The quantitative estimate of drug-likeness (QED) is 0.844. The molecule has 1 heterocycles. The van der Waals surface area contributed by atoms with E-state index in [4.69, 9.17) is 22.1 Å². The molecule has 0 saturated heterocycles. The van der Waals surface area contributed by atoms with Gasteiger partial charge >= 0.3 is 0 Å². The third kappa shape index (κ3) is 2.38. The van der Waals surface area contributed by atoms with Crippen LogP contribution in [0.2, 0.25) is 5.28 Å². The summed E-state index contributed by atoms with van der Waals surface area (Å²) in [6.07, 6.45) is 0. The lowest BCUT2D eigenvalue weighted by Crippen LogP contribution is -2.01. The number of nitrogen functional groups attached to an aromatic ring is 1. The number of nitrogens with zero attached hydrogens (tertiary/aromatic N) is 2. The summed E-state index contributed by atoms with van der Waals surface area (Å²) in [7, 11) is 0. The van der Waals surface area contributed by atoms with Crippen molar-refractivity contribution in [3.05, 3.63) is 40.3 Å². The zero-order valence-electron chi connectivity index (χ0n) is 10.5. The molecule has 94 valence electrons. The maximum Gasteiger partial charge on any atom is 0.247 e. The summed E-state index contributed by atoms with van der Waals surface area (Å²) < 4.78 is 5.72. The maximum atomic E-state index is 5.88. The van der Waals surface area contributed by atoms with E-state index in [0.29, 0.717) is 17.3 Å². The number of nitrogens with two attached hydrogens (primary N) is 1. The molecule has 1 aromatic carbocycles. The molecule has 4 nitrogen and oxygen atoms in total. The number of rotatable bonds is 2. The van der Waals surface area contributed by atoms with E-state index in [-0.39, 0.29) is 5.28 Å². The molecule has 0 unspecified atom stereocenters. The van der Waals surface area contributed by atoms with Gasteiger partial charge in [-0.25, -0.2) is 4.98 Å². The van der Waals surface area contributed by atoms with E-state index in [0.717, 1.165) is 16.9 Å². The molecule has 18 heavy (non-hydrogen) atoms. The normalized spacial score (nSPS) is 10.4. The van der Waals surface area contributed by atoms with Crippen molar-refractivity contribution in [2.45, 2.75) is 20.8 Å². The number of hydrogen-bond acceptors (Lipinski definition) is 4. The molecular formula is C13H14ClN3O. The highest BCUT2D eigenvalue weighted by molar-refractivity contribution is 6.28. The fourth-order valence-corrected chi connectivity index (χ4v) is 1.74. The first kappa shape index (κ1) is 12.6. The Kier molecular flexibility index (Phi) is 3.39. The van der Waals surface area contributed by atoms with E-state index in [1.807, 2.05) is 32.0 Å². The van der Waals surface area contributed by atoms with Crippen molar-refractivity contribution in [3.63, 3.8) is 0 Å². The highest BCUT2D eigenvalue weighted by Gasteiger charge is 2.11. The molecule has 0 fully saturated rings. The van der Waals surface area contributed by atoms with Gasteiger partial charge in [-0.3, -0.25) is 0 Å². The third-order valence-electron chi connectivity index (χ3n) is 2.84. The van der Waals surface area contributed by atoms with Crippen LogP contribution in [0.4, 0.5) is 5.69 Å². The van der Waals surface area contributed by atoms with Crippen LogP contribution >= 0.6 is 11.6 Å². The lowest BCUT2D eigenvalue weighted by molar-refractivity contribution is 0.460. The SMILES string of the molecule is Cc1cccc(Oc2nc(Cl)nc(C)c2N)c1C. The predicted molar refractivity (Wildman–Crippen MR) is 72.2 cm³/mol. The van der Waals surface area contributed by atoms with Crippen molar-refractivity contribution in [2.75, 3.05) is 5.73 Å². The Hall–Kier alpha value is -1.81. The lowest BCUT2D eigenvalue weighted by atomic mass is 10.1. The Balaban J connectivity index is 2.43. The molecule has 0 spiro atoms. The van der Waals surface area contributed by atoms with Crippen LogP contribution in [0.25, 0.3) is 0 Å². The van der Waals surface area contributed by atoms with Crippen LogP contribution in [0.1, 0.15) is 16.8 Å². The zero-order valence-corrected chi connectivity index (χ0v) is 11.2. The molecule has 5 heteroatoms. The Morgan fingerprint density at radius 3 is 2.61 bits per heavy atom. The van der Waals surface area contributed by atoms with Crippen molar-refractivity contribution in [3.8, 4) is 11.6 Å². The van der Waals surface area contributed by atoms with Crippen LogP contribution in [0.15, 0.2) is 18.2 Å². The topological polar surface area (TPSA) is 61.0 Å². The van der Waals surface area contributed by atoms with Gasteiger partial charge < -0.3 is 10.5 Å². The van der Waals surface area contributed by atoms with Gasteiger partial charge in [0.25, 0.3) is 0 Å². The minimum absolute atomic E-state index is 0.127. The van der Waals surface area contributed by atoms with Crippen LogP contribution in [-0.4, -0.2) is 9.97 Å². The highest BCUT2D eigenvalue weighted by atomic mass is 35.5. The first-order valence-corrected chi connectivity index (χ1v) is 5.90. The number of aryl methyl sites for hydroxylation is 2. The molecule has 1 aromatic heterocycles. The summed E-state index contributed by atoms with van der Waals surface area (Å²) in [5, 5.41) is 0.127. The van der Waals surface area contributed by atoms with Gasteiger partial charge in [-0.2, -0.15) is 4.98 Å². The molecule has 0 bridgehead atoms. The van der Waals surface area contributed by atoms with E-state index in [1.165, 1.54) is 0 Å². The first-order valence-electron chi connectivity index (χ1n) is 5.52. The number of hydrogen-bond donors (Lipinski definition) is 1. The van der Waals surface area contributed by atoms with Gasteiger partial charge in [0.05, 0.1) is 5.69 Å². The van der Waals surface area contributed by atoms with Gasteiger partial charge in [0.15, 0.2) is 0 Å². The monoisotopic (exact) mass is 263 g/mol. The molecule has 0 atom stereocenters. The number of benzene rings is 1. The maximum absolute atomic E-state index is 5.88. The average Bonchev–Trinajstić information content (AvgIpc) is 2.31. The summed E-state index contributed by atoms with van der Waals surface area (Å²) >= 11 is 5.80. The minimum atomic E-state index is 0.127. The highest BCUT2D eigenvalue weighted by Crippen LogP contribution is 2.30. The van der Waals surface area contributed by atoms with Gasteiger partial charge in [0.2, 0.25) is 11.2 Å². The van der Waals surface area contributed by atoms with Crippen molar-refractivity contribution in [2.24, 2.45) is 0 Å². The summed E-state index contributed by atoms with van der Waals surface area (Å²) in [5.74, 6) is 1.01. The van der Waals surface area contributed by atoms with Gasteiger partial charge in [-0.05, 0) is 49.6 Å². The van der Waals surface area contributed by atoms with Gasteiger partial charge in [-0.15, -0.1) is 0 Å². The number of halogens is 1. The van der Waals surface area contributed by atoms with Crippen molar-refractivity contribution in [1.82, 2.24) is 9.97 Å². The molecule has 0 aliphatic heterocycles. The molecule has 2 N–H and O–H groups in total. The minimum Gasteiger partial charge on any atom is -0.437 e. The van der Waals surface area contributed by atoms with Gasteiger partial charge in [-0.1, -0.05) is 12.1 Å².